The zero-order valence-electron chi connectivity index (χ0n) is 13.8. The molecule has 0 aromatic heterocycles. The Labute approximate surface area is 144 Å². The lowest BCUT2D eigenvalue weighted by atomic mass is 10.1. The molecule has 0 saturated carbocycles. The molecular weight excluding hydrogens is 320 g/mol. The highest BCUT2D eigenvalue weighted by Crippen LogP contribution is 2.28. The Morgan fingerprint density at radius 1 is 0.960 bits per heavy atom. The van der Waals surface area contributed by atoms with Crippen LogP contribution in [0.25, 0.3) is 0 Å². The third kappa shape index (κ3) is 3.19. The van der Waals surface area contributed by atoms with Crippen molar-refractivity contribution in [2.24, 2.45) is 0 Å². The van der Waals surface area contributed by atoms with Crippen LogP contribution in [0.15, 0.2) is 52.1 Å². The Bertz CT molecular complexity index is 1000. The van der Waals surface area contributed by atoms with Crippen LogP contribution < -0.4 is 21.5 Å². The Morgan fingerprint density at radius 2 is 1.68 bits per heavy atom. The van der Waals surface area contributed by atoms with E-state index in [0.29, 0.717) is 11.3 Å². The average molecular weight is 338 g/mol. The van der Waals surface area contributed by atoms with E-state index in [2.05, 4.69) is 10.6 Å². The van der Waals surface area contributed by atoms with Gasteiger partial charge in [-0.05, 0) is 55.3 Å². The molecule has 0 aliphatic carbocycles. The molecule has 0 saturated heterocycles. The fraction of sp³-hybridized carbons (Fsp3) is 0.158. The summed E-state index contributed by atoms with van der Waals surface area (Å²) in [6.45, 7) is 3.58. The highest BCUT2D eigenvalue weighted by Gasteiger charge is 2.23. The number of hydrogen-bond acceptors (Lipinski definition) is 6. The molecule has 6 heteroatoms. The Balaban J connectivity index is 1.84. The molecule has 3 aromatic rings. The minimum Gasteiger partial charge on any atom is -0.508 e. The summed E-state index contributed by atoms with van der Waals surface area (Å²) in [6.07, 6.45) is 0. The van der Waals surface area contributed by atoms with Gasteiger partial charge >= 0.3 is 0 Å². The summed E-state index contributed by atoms with van der Waals surface area (Å²) in [7, 11) is 0. The summed E-state index contributed by atoms with van der Waals surface area (Å²) in [6, 6.07) is 11.3. The van der Waals surface area contributed by atoms with E-state index in [-0.39, 0.29) is 28.9 Å². The molecule has 128 valence electrons. The summed E-state index contributed by atoms with van der Waals surface area (Å²) < 4.78 is 0. The molecule has 0 heterocycles. The zero-order chi connectivity index (χ0) is 18.1. The van der Waals surface area contributed by atoms with Gasteiger partial charge in [0.15, 0.2) is 0 Å². The molecule has 25 heavy (non-hydrogen) atoms. The number of phenols is 2. The molecule has 3 aromatic carbocycles. The van der Waals surface area contributed by atoms with Crippen molar-refractivity contribution in [1.29, 1.82) is 0 Å². The van der Waals surface area contributed by atoms with Crippen LogP contribution in [0, 0.1) is 6.92 Å². The van der Waals surface area contributed by atoms with Gasteiger partial charge in [0.1, 0.15) is 22.9 Å². The molecule has 0 spiro atoms. The van der Waals surface area contributed by atoms with Crippen LogP contribution in [0.1, 0.15) is 24.1 Å². The number of hydrogen-bond donors (Lipinski definition) is 4. The van der Waals surface area contributed by atoms with E-state index in [4.69, 9.17) is 0 Å². The van der Waals surface area contributed by atoms with Gasteiger partial charge in [-0.1, -0.05) is 12.1 Å². The van der Waals surface area contributed by atoms with Crippen molar-refractivity contribution in [3.8, 4) is 11.5 Å². The normalized spacial score (nSPS) is 12.1. The van der Waals surface area contributed by atoms with Crippen LogP contribution in [0.5, 0.6) is 11.5 Å². The molecule has 0 aliphatic rings. The summed E-state index contributed by atoms with van der Waals surface area (Å²) in [5.41, 5.74) is 1.30. The number of benzene rings is 2. The van der Waals surface area contributed by atoms with Crippen molar-refractivity contribution < 1.29 is 10.2 Å². The number of aromatic hydroxyl groups is 2. The van der Waals surface area contributed by atoms with Gasteiger partial charge in [0, 0.05) is 11.7 Å². The van der Waals surface area contributed by atoms with Crippen LogP contribution >= 0.6 is 0 Å². The van der Waals surface area contributed by atoms with Crippen LogP contribution in [0.2, 0.25) is 0 Å². The maximum Gasteiger partial charge on any atom is 0.253 e. The minimum atomic E-state index is -0.587. The third-order valence-corrected chi connectivity index (χ3v) is 4.11. The number of rotatable bonds is 5. The molecule has 0 fully saturated rings. The first kappa shape index (κ1) is 16.6. The molecule has 0 radical (unpaired) electrons. The van der Waals surface area contributed by atoms with Crippen LogP contribution in [0.3, 0.4) is 0 Å². The number of aryl methyl sites for hydroxylation is 1. The van der Waals surface area contributed by atoms with Crippen molar-refractivity contribution in [2.45, 2.75) is 19.9 Å². The first-order valence-corrected chi connectivity index (χ1v) is 7.82. The second-order valence-corrected chi connectivity index (χ2v) is 6.00. The van der Waals surface area contributed by atoms with Gasteiger partial charge in [-0.15, -0.1) is 0 Å². The van der Waals surface area contributed by atoms with Crippen molar-refractivity contribution in [3.63, 3.8) is 0 Å². The molecule has 0 aliphatic heterocycles. The molecule has 0 unspecified atom stereocenters. The number of phenolic OH excluding ortho intramolecular Hbond substituents is 2. The summed E-state index contributed by atoms with van der Waals surface area (Å²) in [5, 5.41) is 25.1. The molecule has 3 rings (SSSR count). The number of anilines is 3. The van der Waals surface area contributed by atoms with Gasteiger partial charge in [0.25, 0.3) is 10.9 Å². The quantitative estimate of drug-likeness (QED) is 0.422. The molecule has 4 N–H and O–H groups in total. The van der Waals surface area contributed by atoms with Crippen LogP contribution in [-0.2, 0) is 0 Å². The van der Waals surface area contributed by atoms with Gasteiger partial charge in [-0.25, -0.2) is 0 Å². The topological polar surface area (TPSA) is 98.7 Å². The standard InChI is InChI=1S/C19H18N2O4/c1-10-8-13(6-7-15(10)23)21-17-16(18(24)19(17)25)20-11(2)12-4-3-5-14(22)9-12/h3-9,11,20-23H,1-2H3/t11-/m0/s1. The highest BCUT2D eigenvalue weighted by molar-refractivity contribution is 5.79. The van der Waals surface area contributed by atoms with E-state index in [0.717, 1.165) is 5.56 Å². The zero-order valence-corrected chi connectivity index (χ0v) is 13.8. The smallest absolute Gasteiger partial charge is 0.253 e. The van der Waals surface area contributed by atoms with Crippen molar-refractivity contribution in [1.82, 2.24) is 0 Å². The molecular formula is C19H18N2O4. The van der Waals surface area contributed by atoms with Crippen molar-refractivity contribution in [2.75, 3.05) is 10.6 Å². The Hall–Kier alpha value is -3.28. The first-order chi connectivity index (χ1) is 11.9. The second-order valence-electron chi connectivity index (χ2n) is 6.00. The van der Waals surface area contributed by atoms with E-state index >= 15 is 0 Å². The largest absolute Gasteiger partial charge is 0.508 e. The van der Waals surface area contributed by atoms with E-state index in [1.54, 1.807) is 37.3 Å². The Morgan fingerprint density at radius 3 is 2.36 bits per heavy atom. The first-order valence-electron chi connectivity index (χ1n) is 7.82. The van der Waals surface area contributed by atoms with Crippen LogP contribution in [0.4, 0.5) is 17.1 Å². The van der Waals surface area contributed by atoms with Gasteiger partial charge in [-0.3, -0.25) is 9.59 Å². The van der Waals surface area contributed by atoms with E-state index < -0.39 is 10.9 Å². The maximum atomic E-state index is 11.9. The van der Waals surface area contributed by atoms with Crippen LogP contribution in [-0.4, -0.2) is 10.2 Å². The minimum absolute atomic E-state index is 0.133. The van der Waals surface area contributed by atoms with E-state index in [1.807, 2.05) is 13.0 Å². The fourth-order valence-corrected chi connectivity index (χ4v) is 2.62. The predicted octanol–water partition coefficient (Wildman–Crippen LogP) is 2.92. The van der Waals surface area contributed by atoms with E-state index in [9.17, 15) is 19.8 Å². The van der Waals surface area contributed by atoms with Crippen molar-refractivity contribution >= 4 is 17.1 Å². The molecule has 6 nitrogen and oxygen atoms in total. The van der Waals surface area contributed by atoms with Gasteiger partial charge < -0.3 is 20.8 Å². The highest BCUT2D eigenvalue weighted by atomic mass is 16.3. The SMILES string of the molecule is Cc1cc(Nc2c(N[C@@H](C)c3cccc(O)c3)c(=O)c2=O)ccc1O. The average Bonchev–Trinajstić information content (AvgIpc) is 2.60. The third-order valence-electron chi connectivity index (χ3n) is 4.11. The van der Waals surface area contributed by atoms with Gasteiger partial charge in [0.2, 0.25) is 0 Å². The molecule has 1 atom stereocenters. The van der Waals surface area contributed by atoms with E-state index in [1.165, 1.54) is 6.07 Å². The second kappa shape index (κ2) is 6.32. The summed E-state index contributed by atoms with van der Waals surface area (Å²) in [4.78, 5) is 23.8. The van der Waals surface area contributed by atoms with Gasteiger partial charge in [0.05, 0.1) is 0 Å². The predicted molar refractivity (Wildman–Crippen MR) is 97.6 cm³/mol. The monoisotopic (exact) mass is 338 g/mol. The lowest BCUT2D eigenvalue weighted by Crippen LogP contribution is -2.37. The van der Waals surface area contributed by atoms with Gasteiger partial charge in [-0.2, -0.15) is 0 Å². The lowest BCUT2D eigenvalue weighted by molar-refractivity contribution is 0.471. The molecule has 0 amide bonds. The fourth-order valence-electron chi connectivity index (χ4n) is 2.62. The number of nitrogens with one attached hydrogen (secondary N) is 2. The van der Waals surface area contributed by atoms with Crippen molar-refractivity contribution in [3.05, 3.63) is 74.0 Å². The Kier molecular flexibility index (Phi) is 4.19. The molecule has 0 bridgehead atoms. The summed E-state index contributed by atoms with van der Waals surface area (Å²) in [5.74, 6) is 0.292. The summed E-state index contributed by atoms with van der Waals surface area (Å²) >= 11 is 0. The maximum absolute atomic E-state index is 11.9. The lowest BCUT2D eigenvalue weighted by Gasteiger charge is -2.20.